The van der Waals surface area contributed by atoms with E-state index in [4.69, 9.17) is 14.7 Å². The van der Waals surface area contributed by atoms with E-state index in [2.05, 4.69) is 40.1 Å². The van der Waals surface area contributed by atoms with Crippen molar-refractivity contribution in [3.8, 4) is 11.8 Å². The minimum absolute atomic E-state index is 0.197. The number of ether oxygens (including phenoxy) is 2. The number of morpholine rings is 1. The van der Waals surface area contributed by atoms with E-state index in [1.54, 1.807) is 0 Å². The van der Waals surface area contributed by atoms with Crippen LogP contribution in [0.1, 0.15) is 24.8 Å². The van der Waals surface area contributed by atoms with E-state index >= 15 is 0 Å². The van der Waals surface area contributed by atoms with E-state index in [0.717, 1.165) is 84.1 Å². The van der Waals surface area contributed by atoms with Gasteiger partial charge in [0.25, 0.3) is 0 Å². The predicted molar refractivity (Wildman–Crippen MR) is 97.4 cm³/mol. The summed E-state index contributed by atoms with van der Waals surface area (Å²) in [5.41, 5.74) is 1.29. The highest BCUT2D eigenvalue weighted by atomic mass is 16.5. The molecule has 0 N–H and O–H groups in total. The molecule has 2 fully saturated rings. The summed E-state index contributed by atoms with van der Waals surface area (Å²) < 4.78 is 11.2. The topological polar surface area (TPSA) is 48.7 Å². The van der Waals surface area contributed by atoms with Gasteiger partial charge in [0.1, 0.15) is 5.75 Å². The van der Waals surface area contributed by atoms with Crippen molar-refractivity contribution >= 4 is 0 Å². The number of rotatable bonds is 7. The number of nitriles is 1. The Bertz CT molecular complexity index is 549. The molecule has 0 bridgehead atoms. The van der Waals surface area contributed by atoms with Crippen LogP contribution < -0.4 is 4.74 Å². The van der Waals surface area contributed by atoms with Gasteiger partial charge in [-0.1, -0.05) is 12.1 Å². The summed E-state index contributed by atoms with van der Waals surface area (Å²) in [6, 6.07) is 10.8. The largest absolute Gasteiger partial charge is 0.494 e. The second-order valence-corrected chi connectivity index (χ2v) is 7.00. The Hall–Kier alpha value is -1.61. The zero-order valence-corrected chi connectivity index (χ0v) is 15.0. The molecule has 0 radical (unpaired) electrons. The molecule has 1 aromatic rings. The molecule has 25 heavy (non-hydrogen) atoms. The molecular formula is C20H29N3O2. The Balaban J connectivity index is 1.36. The Kier molecular flexibility index (Phi) is 7.10. The van der Waals surface area contributed by atoms with Crippen LogP contribution in [0, 0.1) is 17.2 Å². The molecule has 1 unspecified atom stereocenters. The van der Waals surface area contributed by atoms with Gasteiger partial charge in [0.05, 0.1) is 31.8 Å². The van der Waals surface area contributed by atoms with Crippen LogP contribution in [0.2, 0.25) is 0 Å². The van der Waals surface area contributed by atoms with Crippen molar-refractivity contribution < 1.29 is 9.47 Å². The summed E-state index contributed by atoms with van der Waals surface area (Å²) in [5, 5.41) is 9.09. The maximum atomic E-state index is 9.09. The van der Waals surface area contributed by atoms with Crippen molar-refractivity contribution in [1.82, 2.24) is 9.80 Å². The van der Waals surface area contributed by atoms with Crippen LogP contribution in [0.5, 0.6) is 5.75 Å². The first kappa shape index (κ1) is 18.2. The average Bonchev–Trinajstić information content (AvgIpc) is 2.67. The van der Waals surface area contributed by atoms with Crippen LogP contribution in [-0.4, -0.2) is 62.3 Å². The lowest BCUT2D eigenvalue weighted by Gasteiger charge is -2.29. The third-order valence-corrected chi connectivity index (χ3v) is 5.01. The first-order valence-corrected chi connectivity index (χ1v) is 9.47. The first-order valence-electron chi connectivity index (χ1n) is 9.47. The lowest BCUT2D eigenvalue weighted by atomic mass is 9.99. The average molecular weight is 343 g/mol. The first-order chi connectivity index (χ1) is 12.3. The molecule has 1 atom stereocenters. The Morgan fingerprint density at radius 3 is 2.68 bits per heavy atom. The number of piperidine rings is 1. The third kappa shape index (κ3) is 6.00. The molecule has 0 aliphatic carbocycles. The summed E-state index contributed by atoms with van der Waals surface area (Å²) in [4.78, 5) is 4.82. The van der Waals surface area contributed by atoms with Gasteiger partial charge < -0.3 is 9.47 Å². The summed E-state index contributed by atoms with van der Waals surface area (Å²) in [7, 11) is 0. The number of likely N-dealkylation sites (tertiary alicyclic amines) is 1. The van der Waals surface area contributed by atoms with Gasteiger partial charge in [0, 0.05) is 32.7 Å². The Labute approximate surface area is 151 Å². The zero-order valence-electron chi connectivity index (χ0n) is 15.0. The molecule has 0 saturated carbocycles. The fourth-order valence-corrected chi connectivity index (χ4v) is 3.56. The minimum Gasteiger partial charge on any atom is -0.494 e. The summed E-state index contributed by atoms with van der Waals surface area (Å²) in [5.74, 6) is 1.14. The van der Waals surface area contributed by atoms with E-state index in [9.17, 15) is 0 Å². The highest BCUT2D eigenvalue weighted by Crippen LogP contribution is 2.19. The second-order valence-electron chi connectivity index (χ2n) is 7.00. The molecular weight excluding hydrogens is 314 g/mol. The maximum absolute atomic E-state index is 9.09. The van der Waals surface area contributed by atoms with Crippen molar-refractivity contribution in [2.45, 2.75) is 25.8 Å². The number of hydrogen-bond acceptors (Lipinski definition) is 5. The van der Waals surface area contributed by atoms with Gasteiger partial charge in [0.2, 0.25) is 0 Å². The lowest BCUT2D eigenvalue weighted by molar-refractivity contribution is 0.0358. The van der Waals surface area contributed by atoms with Gasteiger partial charge in [-0.3, -0.25) is 9.80 Å². The minimum atomic E-state index is 0.197. The van der Waals surface area contributed by atoms with Gasteiger partial charge in [-0.05, 0) is 43.5 Å². The quantitative estimate of drug-likeness (QED) is 0.712. The molecule has 2 saturated heterocycles. The SMILES string of the molecule is N#CC1CCCN(Cc2ccc(OCCCN3CCOCC3)cc2)C1. The molecule has 0 aromatic heterocycles. The highest BCUT2D eigenvalue weighted by molar-refractivity contribution is 5.27. The molecule has 2 heterocycles. The van der Waals surface area contributed by atoms with E-state index in [1.807, 2.05) is 0 Å². The standard InChI is InChI=1S/C20H29N3O2/c21-15-19-3-1-8-23(17-19)16-18-4-6-20(7-5-18)25-12-2-9-22-10-13-24-14-11-22/h4-7,19H,1-3,8-14,16-17H2. The van der Waals surface area contributed by atoms with Crippen molar-refractivity contribution in [2.75, 3.05) is 52.5 Å². The van der Waals surface area contributed by atoms with Gasteiger partial charge in [-0.15, -0.1) is 0 Å². The summed E-state index contributed by atoms with van der Waals surface area (Å²) in [6.07, 6.45) is 3.22. The Morgan fingerprint density at radius 2 is 1.92 bits per heavy atom. The molecule has 5 nitrogen and oxygen atoms in total. The van der Waals surface area contributed by atoms with Crippen LogP contribution >= 0.6 is 0 Å². The van der Waals surface area contributed by atoms with Crippen LogP contribution in [0.4, 0.5) is 0 Å². The monoisotopic (exact) mass is 343 g/mol. The molecule has 5 heteroatoms. The lowest BCUT2D eigenvalue weighted by Crippen LogP contribution is -2.37. The highest BCUT2D eigenvalue weighted by Gasteiger charge is 2.19. The van der Waals surface area contributed by atoms with E-state index in [0.29, 0.717) is 0 Å². The van der Waals surface area contributed by atoms with Gasteiger partial charge in [-0.25, -0.2) is 0 Å². The number of hydrogen-bond donors (Lipinski definition) is 0. The predicted octanol–water partition coefficient (Wildman–Crippen LogP) is 2.52. The van der Waals surface area contributed by atoms with Gasteiger partial charge >= 0.3 is 0 Å². The zero-order chi connectivity index (χ0) is 17.3. The second kappa shape index (κ2) is 9.76. The van der Waals surface area contributed by atoms with E-state index in [-0.39, 0.29) is 5.92 Å². The maximum Gasteiger partial charge on any atom is 0.119 e. The summed E-state index contributed by atoms with van der Waals surface area (Å²) in [6.45, 7) is 8.55. The fourth-order valence-electron chi connectivity index (χ4n) is 3.56. The van der Waals surface area contributed by atoms with Gasteiger partial charge in [-0.2, -0.15) is 5.26 Å². The molecule has 2 aliphatic rings. The van der Waals surface area contributed by atoms with Crippen molar-refractivity contribution in [3.63, 3.8) is 0 Å². The molecule has 0 amide bonds. The summed E-state index contributed by atoms with van der Waals surface area (Å²) >= 11 is 0. The smallest absolute Gasteiger partial charge is 0.119 e. The van der Waals surface area contributed by atoms with Crippen LogP contribution in [0.25, 0.3) is 0 Å². The van der Waals surface area contributed by atoms with Crippen molar-refractivity contribution in [1.29, 1.82) is 5.26 Å². The van der Waals surface area contributed by atoms with Crippen LogP contribution in [0.3, 0.4) is 0 Å². The molecule has 3 rings (SSSR count). The molecule has 136 valence electrons. The fraction of sp³-hybridized carbons (Fsp3) is 0.650. The van der Waals surface area contributed by atoms with Crippen LogP contribution in [0.15, 0.2) is 24.3 Å². The van der Waals surface area contributed by atoms with E-state index < -0.39 is 0 Å². The van der Waals surface area contributed by atoms with Gasteiger partial charge in [0.15, 0.2) is 0 Å². The molecule has 2 aliphatic heterocycles. The number of benzene rings is 1. The Morgan fingerprint density at radius 1 is 1.12 bits per heavy atom. The third-order valence-electron chi connectivity index (χ3n) is 5.01. The van der Waals surface area contributed by atoms with Crippen molar-refractivity contribution in [2.24, 2.45) is 5.92 Å². The number of nitrogens with zero attached hydrogens (tertiary/aromatic N) is 3. The molecule has 1 aromatic carbocycles. The normalized spacial score (nSPS) is 22.4. The molecule has 0 spiro atoms. The van der Waals surface area contributed by atoms with Crippen molar-refractivity contribution in [3.05, 3.63) is 29.8 Å². The van der Waals surface area contributed by atoms with Crippen LogP contribution in [-0.2, 0) is 11.3 Å². The van der Waals surface area contributed by atoms with E-state index in [1.165, 1.54) is 5.56 Å².